The molecule has 0 spiro atoms. The summed E-state index contributed by atoms with van der Waals surface area (Å²) in [5.74, 6) is -0.593. The van der Waals surface area contributed by atoms with Crippen LogP contribution in [0.15, 0.2) is 47.4 Å². The molecule has 0 atom stereocenters. The van der Waals surface area contributed by atoms with Gasteiger partial charge >= 0.3 is 0 Å². The number of nitro benzene ring substituents is 1. The zero-order valence-electron chi connectivity index (χ0n) is 10.9. The van der Waals surface area contributed by atoms with E-state index in [-0.39, 0.29) is 16.3 Å². The predicted octanol–water partition coefficient (Wildman–Crippen LogP) is 2.84. The van der Waals surface area contributed by atoms with Crippen LogP contribution in [0.1, 0.15) is 5.56 Å². The van der Waals surface area contributed by atoms with Crippen molar-refractivity contribution in [1.29, 1.82) is 0 Å². The Morgan fingerprint density at radius 3 is 2.52 bits per heavy atom. The minimum absolute atomic E-state index is 0.0400. The number of rotatable bonds is 4. The van der Waals surface area contributed by atoms with E-state index in [1.54, 1.807) is 0 Å². The van der Waals surface area contributed by atoms with Crippen molar-refractivity contribution in [1.82, 2.24) is 0 Å². The minimum Gasteiger partial charge on any atom is -0.280 e. The summed E-state index contributed by atoms with van der Waals surface area (Å²) in [6.45, 7) is 1.51. The van der Waals surface area contributed by atoms with Crippen molar-refractivity contribution in [3.63, 3.8) is 0 Å². The lowest BCUT2D eigenvalue weighted by Gasteiger charge is -2.08. The minimum atomic E-state index is -4.02. The molecular formula is C13H11FN2O4S. The van der Waals surface area contributed by atoms with Gasteiger partial charge in [0, 0.05) is 11.6 Å². The van der Waals surface area contributed by atoms with E-state index >= 15 is 0 Å². The van der Waals surface area contributed by atoms with Gasteiger partial charge in [0.1, 0.15) is 5.82 Å². The molecule has 8 heteroatoms. The molecule has 2 aromatic rings. The van der Waals surface area contributed by atoms with Crippen LogP contribution >= 0.6 is 0 Å². The maximum absolute atomic E-state index is 13.0. The van der Waals surface area contributed by atoms with E-state index in [0.717, 1.165) is 12.1 Å². The lowest BCUT2D eigenvalue weighted by molar-refractivity contribution is -0.385. The lowest BCUT2D eigenvalue weighted by atomic mass is 10.2. The molecule has 0 unspecified atom stereocenters. The molecule has 0 fully saturated rings. The second kappa shape index (κ2) is 5.49. The number of nitrogens with one attached hydrogen (secondary N) is 1. The highest BCUT2D eigenvalue weighted by Crippen LogP contribution is 2.24. The standard InChI is InChI=1S/C13H11FN2O4S/c1-9-5-6-12(8-13(9)16(17)18)21(19,20)15-11-4-2-3-10(14)7-11/h2-8,15H,1H3. The second-order valence-corrected chi connectivity index (χ2v) is 6.00. The summed E-state index contributed by atoms with van der Waals surface area (Å²) >= 11 is 0. The first-order chi connectivity index (χ1) is 9.79. The number of aryl methyl sites for hydroxylation is 1. The molecule has 2 aromatic carbocycles. The van der Waals surface area contributed by atoms with E-state index in [4.69, 9.17) is 0 Å². The molecule has 0 saturated carbocycles. The molecule has 0 saturated heterocycles. The first-order valence-electron chi connectivity index (χ1n) is 5.83. The predicted molar refractivity (Wildman–Crippen MR) is 75.0 cm³/mol. The lowest BCUT2D eigenvalue weighted by Crippen LogP contribution is -2.13. The van der Waals surface area contributed by atoms with Gasteiger partial charge < -0.3 is 0 Å². The quantitative estimate of drug-likeness (QED) is 0.694. The van der Waals surface area contributed by atoms with Crippen LogP contribution in [0, 0.1) is 22.9 Å². The molecule has 0 aliphatic heterocycles. The van der Waals surface area contributed by atoms with Crippen LogP contribution in [-0.4, -0.2) is 13.3 Å². The van der Waals surface area contributed by atoms with E-state index < -0.39 is 20.8 Å². The monoisotopic (exact) mass is 310 g/mol. The highest BCUT2D eigenvalue weighted by atomic mass is 32.2. The van der Waals surface area contributed by atoms with Gasteiger partial charge in [-0.3, -0.25) is 14.8 Å². The van der Waals surface area contributed by atoms with Crippen LogP contribution in [0.4, 0.5) is 15.8 Å². The van der Waals surface area contributed by atoms with E-state index in [0.29, 0.717) is 5.56 Å². The molecule has 6 nitrogen and oxygen atoms in total. The summed E-state index contributed by atoms with van der Waals surface area (Å²) < 4.78 is 39.5. The molecule has 110 valence electrons. The normalized spacial score (nSPS) is 11.1. The Hall–Kier alpha value is -2.48. The summed E-state index contributed by atoms with van der Waals surface area (Å²) in [5.41, 5.74) is 0.0973. The van der Waals surface area contributed by atoms with Crippen molar-refractivity contribution in [3.8, 4) is 0 Å². The largest absolute Gasteiger partial charge is 0.280 e. The molecular weight excluding hydrogens is 299 g/mol. The average Bonchev–Trinajstić information content (AvgIpc) is 2.38. The second-order valence-electron chi connectivity index (χ2n) is 4.32. The SMILES string of the molecule is Cc1ccc(S(=O)(=O)Nc2cccc(F)c2)cc1[N+](=O)[O-]. The van der Waals surface area contributed by atoms with Gasteiger partial charge in [-0.15, -0.1) is 0 Å². The van der Waals surface area contributed by atoms with Crippen LogP contribution in [-0.2, 0) is 10.0 Å². The average molecular weight is 310 g/mol. The van der Waals surface area contributed by atoms with Crippen molar-refractivity contribution in [2.75, 3.05) is 4.72 Å². The van der Waals surface area contributed by atoms with E-state index in [1.165, 1.54) is 37.3 Å². The summed E-state index contributed by atoms with van der Waals surface area (Å²) in [6, 6.07) is 8.49. The Morgan fingerprint density at radius 1 is 1.19 bits per heavy atom. The molecule has 0 radical (unpaired) electrons. The molecule has 0 amide bonds. The molecule has 0 aliphatic carbocycles. The van der Waals surface area contributed by atoms with Gasteiger partial charge in [0.25, 0.3) is 15.7 Å². The van der Waals surface area contributed by atoms with Crippen molar-refractivity contribution >= 4 is 21.4 Å². The molecule has 0 aliphatic rings. The fourth-order valence-corrected chi connectivity index (χ4v) is 2.79. The number of benzene rings is 2. The van der Waals surface area contributed by atoms with Crippen LogP contribution in [0.2, 0.25) is 0 Å². The third-order valence-corrected chi connectivity index (χ3v) is 4.14. The Labute approximate surface area is 120 Å². The smallest absolute Gasteiger partial charge is 0.273 e. The molecule has 0 heterocycles. The zero-order valence-corrected chi connectivity index (χ0v) is 11.7. The fraction of sp³-hybridized carbons (Fsp3) is 0.0769. The summed E-state index contributed by atoms with van der Waals surface area (Å²) in [5, 5.41) is 10.8. The van der Waals surface area contributed by atoms with Gasteiger partial charge in [-0.1, -0.05) is 12.1 Å². The van der Waals surface area contributed by atoms with Gasteiger partial charge in [0.2, 0.25) is 0 Å². The van der Waals surface area contributed by atoms with Crippen LogP contribution in [0.25, 0.3) is 0 Å². The summed E-state index contributed by atoms with van der Waals surface area (Å²) in [4.78, 5) is 9.93. The van der Waals surface area contributed by atoms with Crippen LogP contribution in [0.3, 0.4) is 0 Å². The van der Waals surface area contributed by atoms with Gasteiger partial charge in [-0.05, 0) is 31.2 Å². The Bertz CT molecular complexity index is 806. The van der Waals surface area contributed by atoms with Crippen molar-refractivity contribution < 1.29 is 17.7 Å². The van der Waals surface area contributed by atoms with E-state index in [9.17, 15) is 22.9 Å². The number of halogens is 1. The number of sulfonamides is 1. The third kappa shape index (κ3) is 3.34. The maximum Gasteiger partial charge on any atom is 0.273 e. The molecule has 1 N–H and O–H groups in total. The van der Waals surface area contributed by atoms with Gasteiger partial charge in [-0.2, -0.15) is 0 Å². The number of hydrogen-bond acceptors (Lipinski definition) is 4. The van der Waals surface area contributed by atoms with Gasteiger partial charge in [0.05, 0.1) is 15.5 Å². The van der Waals surface area contributed by atoms with E-state index in [2.05, 4.69) is 4.72 Å². The topological polar surface area (TPSA) is 89.3 Å². The Balaban J connectivity index is 2.40. The maximum atomic E-state index is 13.0. The number of anilines is 1. The summed E-state index contributed by atoms with van der Waals surface area (Å²) in [7, 11) is -4.02. The highest BCUT2D eigenvalue weighted by Gasteiger charge is 2.19. The van der Waals surface area contributed by atoms with Crippen LogP contribution in [0.5, 0.6) is 0 Å². The zero-order chi connectivity index (χ0) is 15.6. The Kier molecular flexibility index (Phi) is 3.90. The molecule has 0 aromatic heterocycles. The molecule has 2 rings (SSSR count). The van der Waals surface area contributed by atoms with E-state index in [1.807, 2.05) is 0 Å². The van der Waals surface area contributed by atoms with Crippen molar-refractivity contribution in [2.24, 2.45) is 0 Å². The summed E-state index contributed by atoms with van der Waals surface area (Å²) in [6.07, 6.45) is 0. The fourth-order valence-electron chi connectivity index (χ4n) is 1.72. The van der Waals surface area contributed by atoms with Crippen molar-refractivity contribution in [3.05, 3.63) is 64.0 Å². The third-order valence-electron chi connectivity index (χ3n) is 2.76. The highest BCUT2D eigenvalue weighted by molar-refractivity contribution is 7.92. The van der Waals surface area contributed by atoms with Gasteiger partial charge in [-0.25, -0.2) is 12.8 Å². The Morgan fingerprint density at radius 2 is 1.90 bits per heavy atom. The number of nitro groups is 1. The first kappa shape index (κ1) is 14.9. The number of nitrogens with zero attached hydrogens (tertiary/aromatic N) is 1. The number of hydrogen-bond donors (Lipinski definition) is 1. The first-order valence-corrected chi connectivity index (χ1v) is 7.31. The van der Waals surface area contributed by atoms with Crippen LogP contribution < -0.4 is 4.72 Å². The van der Waals surface area contributed by atoms with Crippen molar-refractivity contribution in [2.45, 2.75) is 11.8 Å². The molecule has 0 bridgehead atoms. The molecule has 21 heavy (non-hydrogen) atoms. The van der Waals surface area contributed by atoms with Gasteiger partial charge in [0.15, 0.2) is 0 Å².